The van der Waals surface area contributed by atoms with E-state index in [9.17, 15) is 54.9 Å². The fourth-order valence-corrected chi connectivity index (χ4v) is 4.21. The van der Waals surface area contributed by atoms with Gasteiger partial charge in [-0.15, -0.1) is 0 Å². The monoisotopic (exact) mass is 507 g/mol. The summed E-state index contributed by atoms with van der Waals surface area (Å²) in [6.07, 6.45) is -13.5. The predicted molar refractivity (Wildman–Crippen MR) is 110 cm³/mol. The van der Waals surface area contributed by atoms with Crippen LogP contribution >= 0.6 is 0 Å². The van der Waals surface area contributed by atoms with Gasteiger partial charge >= 0.3 is 17.9 Å². The molecular formula is C20H29NO14. The fraction of sp³-hybridized carbons (Fsp3) is 0.700. The zero-order valence-electron chi connectivity index (χ0n) is 18.5. The highest BCUT2D eigenvalue weighted by atomic mass is 16.5. The van der Waals surface area contributed by atoms with E-state index in [4.69, 9.17) is 14.6 Å². The van der Waals surface area contributed by atoms with Gasteiger partial charge in [0.15, 0.2) is 12.2 Å². The van der Waals surface area contributed by atoms with E-state index in [1.807, 2.05) is 0 Å². The number of hydrogen-bond donors (Lipinski definition) is 9. The van der Waals surface area contributed by atoms with E-state index in [0.29, 0.717) is 0 Å². The number of aliphatic hydroxyl groups is 5. The largest absolute Gasteiger partial charge is 0.479 e. The summed E-state index contributed by atoms with van der Waals surface area (Å²) in [5, 5.41) is 80.6. The van der Waals surface area contributed by atoms with Crippen molar-refractivity contribution in [3.05, 3.63) is 11.6 Å². The van der Waals surface area contributed by atoms with E-state index in [0.717, 1.165) is 13.0 Å². The minimum atomic E-state index is -2.48. The minimum absolute atomic E-state index is 0.259. The molecule has 0 aromatic rings. The molecule has 0 aliphatic heterocycles. The smallest absolute Gasteiger partial charge is 0.336 e. The van der Waals surface area contributed by atoms with Gasteiger partial charge in [-0.25, -0.2) is 14.4 Å². The van der Waals surface area contributed by atoms with Crippen molar-refractivity contribution in [3.8, 4) is 0 Å². The van der Waals surface area contributed by atoms with Crippen LogP contribution in [0.1, 0.15) is 19.8 Å². The number of rotatable bonds is 10. The van der Waals surface area contributed by atoms with Crippen LogP contribution in [0.4, 0.5) is 0 Å². The molecule has 0 heterocycles. The number of carboxylic acid groups (broad SMARTS) is 3. The average Bonchev–Trinajstić information content (AvgIpc) is 2.77. The summed E-state index contributed by atoms with van der Waals surface area (Å²) in [7, 11) is 0. The molecule has 2 aliphatic carbocycles. The van der Waals surface area contributed by atoms with E-state index >= 15 is 0 Å². The molecule has 0 aromatic heterocycles. The average molecular weight is 507 g/mol. The first kappa shape index (κ1) is 28.6. The highest BCUT2D eigenvalue weighted by Gasteiger charge is 2.50. The molecule has 15 heteroatoms. The number of hydrogen-bond acceptors (Lipinski definition) is 11. The summed E-state index contributed by atoms with van der Waals surface area (Å²) < 4.78 is 11.0. The second kappa shape index (κ2) is 11.9. The maximum absolute atomic E-state index is 11.8. The standard InChI is InChI=1S/C20H29NO14/c1-6(23)21-12-10(34-17(20(32)33)15(27)19(30)31)4-8(5-22)16(14(12)26)35-11-3-7(18(28)29)2-9(24)13(11)25/h2,8-17,22,24-27H,3-5H2,1H3,(H,21,23)(H,28,29)(H,30,31)(H,32,33)/t8-,9+,10?,11?,12+,13-,14-,15+,16?,17?/m1/s1. The molecule has 198 valence electrons. The van der Waals surface area contributed by atoms with Gasteiger partial charge in [-0.3, -0.25) is 4.79 Å². The molecule has 4 unspecified atom stereocenters. The lowest BCUT2D eigenvalue weighted by atomic mass is 9.78. The molecule has 2 rings (SSSR count). The summed E-state index contributed by atoms with van der Waals surface area (Å²) in [5.41, 5.74) is -0.259. The highest BCUT2D eigenvalue weighted by molar-refractivity contribution is 5.87. The van der Waals surface area contributed by atoms with Gasteiger partial charge in [0.25, 0.3) is 0 Å². The first-order valence-electron chi connectivity index (χ1n) is 10.6. The molecule has 35 heavy (non-hydrogen) atoms. The lowest BCUT2D eigenvalue weighted by Crippen LogP contribution is -2.64. The number of aliphatic hydroxyl groups excluding tert-OH is 5. The van der Waals surface area contributed by atoms with Gasteiger partial charge in [0, 0.05) is 31.4 Å². The Kier molecular flexibility index (Phi) is 9.68. The number of carboxylic acids is 3. The van der Waals surface area contributed by atoms with Crippen molar-refractivity contribution in [2.45, 2.75) is 74.6 Å². The van der Waals surface area contributed by atoms with Crippen molar-refractivity contribution in [2.24, 2.45) is 5.92 Å². The lowest BCUT2D eigenvalue weighted by molar-refractivity contribution is -0.210. The molecular weight excluding hydrogens is 478 g/mol. The van der Waals surface area contributed by atoms with Crippen LogP contribution < -0.4 is 5.32 Å². The van der Waals surface area contributed by atoms with E-state index in [1.54, 1.807) is 0 Å². The third kappa shape index (κ3) is 6.72. The van der Waals surface area contributed by atoms with Gasteiger partial charge in [-0.2, -0.15) is 0 Å². The van der Waals surface area contributed by atoms with Crippen LogP contribution in [0.25, 0.3) is 0 Å². The van der Waals surface area contributed by atoms with E-state index in [1.165, 1.54) is 0 Å². The molecule has 2 aliphatic rings. The van der Waals surface area contributed by atoms with Crippen molar-refractivity contribution in [1.82, 2.24) is 5.32 Å². The molecule has 1 amide bonds. The summed E-state index contributed by atoms with van der Waals surface area (Å²) in [5.74, 6) is -6.81. The zero-order valence-corrected chi connectivity index (χ0v) is 18.5. The fourth-order valence-electron chi connectivity index (χ4n) is 4.21. The summed E-state index contributed by atoms with van der Waals surface area (Å²) >= 11 is 0. The van der Waals surface area contributed by atoms with Crippen molar-refractivity contribution in [3.63, 3.8) is 0 Å². The molecule has 0 aromatic carbocycles. The number of carbonyl (C=O) groups is 4. The maximum atomic E-state index is 11.8. The molecule has 15 nitrogen and oxygen atoms in total. The van der Waals surface area contributed by atoms with E-state index in [2.05, 4.69) is 5.32 Å². The first-order valence-corrected chi connectivity index (χ1v) is 10.6. The van der Waals surface area contributed by atoms with Crippen molar-refractivity contribution in [1.29, 1.82) is 0 Å². The van der Waals surface area contributed by atoms with Crippen LogP contribution in [0.3, 0.4) is 0 Å². The Labute approximate surface area is 198 Å². The van der Waals surface area contributed by atoms with Gasteiger partial charge in [0.2, 0.25) is 5.91 Å². The minimum Gasteiger partial charge on any atom is -0.479 e. The number of carbonyl (C=O) groups excluding carboxylic acids is 1. The van der Waals surface area contributed by atoms with E-state index < -0.39 is 91.2 Å². The Morgan fingerprint density at radius 3 is 2.17 bits per heavy atom. The number of amides is 1. The Morgan fingerprint density at radius 1 is 1.06 bits per heavy atom. The summed E-state index contributed by atoms with van der Waals surface area (Å²) in [6, 6.07) is -1.41. The van der Waals surface area contributed by atoms with Crippen LogP contribution in [0.5, 0.6) is 0 Å². The molecule has 0 bridgehead atoms. The SMILES string of the molecule is CC(=O)N[C@H]1C(OC(C(=O)O)[C@H](O)C(=O)O)C[C@H](CO)C(OC2CC(C(=O)O)=C[C@H](O)[C@H]2O)[C@@H]1O. The Hall–Kier alpha value is -2.66. The highest BCUT2D eigenvalue weighted by Crippen LogP contribution is 2.34. The van der Waals surface area contributed by atoms with Crippen LogP contribution in [-0.2, 0) is 28.7 Å². The van der Waals surface area contributed by atoms with Gasteiger partial charge in [-0.1, -0.05) is 0 Å². The third-order valence-electron chi connectivity index (χ3n) is 5.94. The molecule has 0 saturated heterocycles. The van der Waals surface area contributed by atoms with Gasteiger partial charge in [0.1, 0.15) is 18.3 Å². The van der Waals surface area contributed by atoms with Crippen molar-refractivity contribution < 1.29 is 69.5 Å². The molecule has 1 saturated carbocycles. The Bertz CT molecular complexity index is 846. The Balaban J connectivity index is 2.33. The topological polar surface area (TPSA) is 261 Å². The van der Waals surface area contributed by atoms with Crippen molar-refractivity contribution >= 4 is 23.8 Å². The van der Waals surface area contributed by atoms with Crippen LogP contribution in [0.2, 0.25) is 0 Å². The number of ether oxygens (including phenoxy) is 2. The lowest BCUT2D eigenvalue weighted by Gasteiger charge is -2.46. The van der Waals surface area contributed by atoms with Crippen LogP contribution in [0.15, 0.2) is 11.6 Å². The van der Waals surface area contributed by atoms with Gasteiger partial charge < -0.3 is 55.6 Å². The van der Waals surface area contributed by atoms with E-state index in [-0.39, 0.29) is 18.4 Å². The molecule has 0 radical (unpaired) electrons. The number of nitrogens with one attached hydrogen (secondary N) is 1. The number of aliphatic carboxylic acids is 3. The predicted octanol–water partition coefficient (Wildman–Crippen LogP) is -3.96. The quantitative estimate of drug-likeness (QED) is 0.137. The molecule has 1 fully saturated rings. The maximum Gasteiger partial charge on any atom is 0.336 e. The summed E-state index contributed by atoms with van der Waals surface area (Å²) in [6.45, 7) is 0.393. The summed E-state index contributed by atoms with van der Waals surface area (Å²) in [4.78, 5) is 45.6. The third-order valence-corrected chi connectivity index (χ3v) is 5.94. The second-order valence-electron chi connectivity index (χ2n) is 8.43. The van der Waals surface area contributed by atoms with Crippen LogP contribution in [0, 0.1) is 5.92 Å². The zero-order chi connectivity index (χ0) is 26.6. The van der Waals surface area contributed by atoms with Crippen LogP contribution in [-0.4, -0.2) is 126 Å². The molecule has 10 atom stereocenters. The van der Waals surface area contributed by atoms with Crippen molar-refractivity contribution in [2.75, 3.05) is 6.61 Å². The molecule has 0 spiro atoms. The normalized spacial score (nSPS) is 34.9. The first-order chi connectivity index (χ1) is 16.3. The Morgan fingerprint density at radius 2 is 1.69 bits per heavy atom. The molecule has 9 N–H and O–H groups in total. The second-order valence-corrected chi connectivity index (χ2v) is 8.43. The van der Waals surface area contributed by atoms with Gasteiger partial charge in [-0.05, 0) is 12.5 Å². The van der Waals surface area contributed by atoms with Gasteiger partial charge in [0.05, 0.1) is 24.4 Å².